The third kappa shape index (κ3) is 0.869. The van der Waals surface area contributed by atoms with Gasteiger partial charge in [0.25, 0.3) is 0 Å². The second kappa shape index (κ2) is 1.96. The zero-order valence-electron chi connectivity index (χ0n) is 4.11. The lowest BCUT2D eigenvalue weighted by molar-refractivity contribution is 0.180. The van der Waals surface area contributed by atoms with Crippen LogP contribution in [0.25, 0.3) is 0 Å². The van der Waals surface area contributed by atoms with Crippen molar-refractivity contribution in [1.29, 1.82) is 0 Å². The molecule has 0 saturated carbocycles. The van der Waals surface area contributed by atoms with E-state index in [1.54, 1.807) is 18.2 Å². The molecule has 0 aromatic carbocycles. The Morgan fingerprint density at radius 2 is 2.25 bits per heavy atom. The summed E-state index contributed by atoms with van der Waals surface area (Å²) < 4.78 is 1.32. The third-order valence-corrected chi connectivity index (χ3v) is 1.13. The van der Waals surface area contributed by atoms with Gasteiger partial charge in [-0.2, -0.15) is 4.73 Å². The predicted molar refractivity (Wildman–Crippen MR) is 32.5 cm³/mol. The van der Waals surface area contributed by atoms with Crippen molar-refractivity contribution in [2.24, 2.45) is 0 Å². The zero-order chi connectivity index (χ0) is 5.98. The maximum absolute atomic E-state index is 8.73. The highest BCUT2D eigenvalue weighted by Gasteiger charge is 1.77. The highest BCUT2D eigenvalue weighted by Crippen LogP contribution is 1.86. The van der Waals surface area contributed by atoms with Crippen LogP contribution in [0.2, 0.25) is 0 Å². The van der Waals surface area contributed by atoms with Crippen LogP contribution in [0, 0.1) is 4.64 Å². The number of aromatic nitrogens is 1. The smallest absolute Gasteiger partial charge is 0.142 e. The lowest BCUT2D eigenvalue weighted by Gasteiger charge is -1.90. The minimum atomic E-state index is 0.424. The van der Waals surface area contributed by atoms with Crippen molar-refractivity contribution in [2.45, 2.75) is 0 Å². The standard InChI is InChI=1S/C5H5NOS/c7-6-4-2-1-3-5(6)8/h1-4,7H/i6+0,8+0. The van der Waals surface area contributed by atoms with Crippen molar-refractivity contribution in [3.63, 3.8) is 0 Å². The highest BCUT2D eigenvalue weighted by molar-refractivity contribution is 7.71. The van der Waals surface area contributed by atoms with E-state index in [1.807, 2.05) is 0 Å². The monoisotopic (exact) mass is 127 g/mol. The van der Waals surface area contributed by atoms with E-state index in [0.717, 1.165) is 4.73 Å². The van der Waals surface area contributed by atoms with Gasteiger partial charge >= 0.3 is 0 Å². The number of nitrogens with zero attached hydrogens (tertiary/aromatic N) is 1. The molecule has 1 aromatic heterocycles. The van der Waals surface area contributed by atoms with Gasteiger partial charge in [-0.15, -0.1) is 0 Å². The summed E-state index contributed by atoms with van der Waals surface area (Å²) in [4.78, 5) is 0. The molecule has 0 aliphatic rings. The predicted octanol–water partition coefficient (Wildman–Crippen LogP) is 1.45. The summed E-state index contributed by atoms with van der Waals surface area (Å²) in [6, 6.07) is 5.13. The van der Waals surface area contributed by atoms with E-state index in [4.69, 9.17) is 5.21 Å². The zero-order valence-corrected chi connectivity index (χ0v) is 4.93. The molecule has 1 rings (SSSR count). The van der Waals surface area contributed by atoms with E-state index in [-0.39, 0.29) is 0 Å². The first-order chi connectivity index (χ1) is 3.80. The summed E-state index contributed by atoms with van der Waals surface area (Å²) in [6.07, 6.45) is 1.49. The molecule has 0 aliphatic heterocycles. The molecule has 42 valence electrons. The Morgan fingerprint density at radius 3 is 2.62 bits per heavy atom. The van der Waals surface area contributed by atoms with Gasteiger partial charge in [0.05, 0.1) is 0 Å². The van der Waals surface area contributed by atoms with Crippen molar-refractivity contribution in [1.82, 2.24) is 4.73 Å². The summed E-state index contributed by atoms with van der Waals surface area (Å²) in [5.41, 5.74) is 0. The first-order valence-corrected chi connectivity index (χ1v) is 2.58. The average Bonchev–Trinajstić information content (AvgIpc) is 1.77. The van der Waals surface area contributed by atoms with Crippen LogP contribution < -0.4 is 0 Å². The Balaban J connectivity index is 3.35. The van der Waals surface area contributed by atoms with Crippen molar-refractivity contribution < 1.29 is 5.21 Å². The topological polar surface area (TPSA) is 25.2 Å². The molecular weight excluding hydrogens is 122 g/mol. The van der Waals surface area contributed by atoms with E-state index < -0.39 is 0 Å². The van der Waals surface area contributed by atoms with Gasteiger partial charge in [0.1, 0.15) is 4.64 Å². The Bertz CT molecular complexity index is 230. The Labute approximate surface area is 52.0 Å². The molecular formula is C5H5NOS. The molecule has 2 nitrogen and oxygen atoms in total. The minimum Gasteiger partial charge on any atom is -0.428 e. The van der Waals surface area contributed by atoms with Gasteiger partial charge in [-0.05, 0) is 12.1 Å². The molecule has 1 N–H and O–H groups in total. The summed E-state index contributed by atoms with van der Waals surface area (Å²) in [7, 11) is 0. The van der Waals surface area contributed by atoms with Crippen LogP contribution in [0.5, 0.6) is 0 Å². The van der Waals surface area contributed by atoms with Gasteiger partial charge < -0.3 is 5.21 Å². The third-order valence-electron chi connectivity index (χ3n) is 0.803. The lowest BCUT2D eigenvalue weighted by Crippen LogP contribution is -1.89. The molecule has 0 unspecified atom stereocenters. The fraction of sp³-hybridized carbons (Fsp3) is 0. The van der Waals surface area contributed by atoms with Crippen LogP contribution in [-0.4, -0.2) is 9.94 Å². The molecule has 0 spiro atoms. The van der Waals surface area contributed by atoms with Crippen molar-refractivity contribution in [2.75, 3.05) is 0 Å². The van der Waals surface area contributed by atoms with Crippen molar-refractivity contribution in [3.05, 3.63) is 29.0 Å². The molecule has 0 radical (unpaired) electrons. The first kappa shape index (κ1) is 5.31. The second-order valence-electron chi connectivity index (χ2n) is 1.38. The molecule has 8 heavy (non-hydrogen) atoms. The first-order valence-electron chi connectivity index (χ1n) is 2.17. The molecule has 0 amide bonds. The van der Waals surface area contributed by atoms with E-state index in [2.05, 4.69) is 12.2 Å². The molecule has 0 atom stereocenters. The van der Waals surface area contributed by atoms with E-state index in [1.165, 1.54) is 6.20 Å². The van der Waals surface area contributed by atoms with E-state index in [9.17, 15) is 0 Å². The van der Waals surface area contributed by atoms with Gasteiger partial charge in [-0.1, -0.05) is 18.3 Å². The molecule has 1 aromatic rings. The number of hydrogen-bond acceptors (Lipinski definition) is 2. The summed E-state index contributed by atoms with van der Waals surface area (Å²) >= 11 is 4.67. The maximum atomic E-state index is 8.73. The Morgan fingerprint density at radius 1 is 1.50 bits per heavy atom. The fourth-order valence-corrected chi connectivity index (χ4v) is 0.558. The van der Waals surface area contributed by atoms with Gasteiger partial charge in [0.15, 0.2) is 0 Å². The molecule has 0 fully saturated rings. The average molecular weight is 127 g/mol. The molecule has 0 saturated heterocycles. The fourth-order valence-electron chi connectivity index (χ4n) is 0.419. The van der Waals surface area contributed by atoms with Crippen LogP contribution in [0.1, 0.15) is 0 Å². The van der Waals surface area contributed by atoms with Gasteiger partial charge in [-0.3, -0.25) is 0 Å². The van der Waals surface area contributed by atoms with Crippen LogP contribution in [0.3, 0.4) is 0 Å². The SMILES string of the molecule is O[14n]1ccccc1=[32S]. The summed E-state index contributed by atoms with van der Waals surface area (Å²) in [5.74, 6) is 0. The van der Waals surface area contributed by atoms with Crippen molar-refractivity contribution in [3.8, 4) is 0 Å². The normalized spacial score (nSPS) is 9.00. The molecule has 0 bridgehead atoms. The van der Waals surface area contributed by atoms with Crippen LogP contribution in [0.15, 0.2) is 24.4 Å². The van der Waals surface area contributed by atoms with Gasteiger partial charge in [0, 0.05) is 6.20 Å². The maximum Gasteiger partial charge on any atom is 0.142 e. The van der Waals surface area contributed by atoms with Crippen LogP contribution in [0.4, 0.5) is 0 Å². The quantitative estimate of drug-likeness (QED) is 0.421. The number of hydrogen-bond donors (Lipinski definition) is 1. The van der Waals surface area contributed by atoms with Gasteiger partial charge in [-0.25, -0.2) is 0 Å². The molecule has 3 heteroatoms. The summed E-state index contributed by atoms with van der Waals surface area (Å²) in [5, 5.41) is 8.73. The molecule has 0 aliphatic carbocycles. The summed E-state index contributed by atoms with van der Waals surface area (Å²) in [6.45, 7) is 0. The second-order valence-corrected chi connectivity index (χ2v) is 1.80. The Kier molecular flexibility index (Phi) is 1.30. The number of rotatable bonds is 0. The number of pyridine rings is 1. The van der Waals surface area contributed by atoms with Crippen LogP contribution >= 0.6 is 12.2 Å². The van der Waals surface area contributed by atoms with Gasteiger partial charge in [0.2, 0.25) is 0 Å². The molecule has 1 heterocycles. The Hall–Kier alpha value is -0.830. The van der Waals surface area contributed by atoms with Crippen molar-refractivity contribution >= 4 is 12.2 Å². The largest absolute Gasteiger partial charge is 0.428 e. The lowest BCUT2D eigenvalue weighted by atomic mass is 10.5. The highest BCUT2D eigenvalue weighted by atomic mass is 32.0. The van der Waals surface area contributed by atoms with E-state index in [0.29, 0.717) is 4.64 Å². The van der Waals surface area contributed by atoms with E-state index >= 15 is 0 Å². The minimum absolute atomic E-state index is 0.424. The van der Waals surface area contributed by atoms with Crippen LogP contribution in [-0.2, 0) is 0 Å².